The van der Waals surface area contributed by atoms with Crippen molar-refractivity contribution >= 4 is 35.0 Å². The lowest BCUT2D eigenvalue weighted by Gasteiger charge is -2.07. The standard InChI is InChI=1S/C15H10Cl2FN3S/c16-11-2-1-3-13(6-11)21-9-19-20-15(21)22-8-10-4-5-12(18)7-14(10)17/h1-7,9H,8H2. The van der Waals surface area contributed by atoms with E-state index in [0.717, 1.165) is 11.3 Å². The fourth-order valence-corrected chi connectivity index (χ4v) is 3.34. The number of aromatic nitrogens is 3. The fourth-order valence-electron chi connectivity index (χ4n) is 1.91. The lowest BCUT2D eigenvalue weighted by molar-refractivity contribution is 0.627. The summed E-state index contributed by atoms with van der Waals surface area (Å²) in [6.07, 6.45) is 1.63. The zero-order valence-corrected chi connectivity index (χ0v) is 13.5. The molecule has 0 saturated carbocycles. The molecule has 0 radical (unpaired) electrons. The van der Waals surface area contributed by atoms with Gasteiger partial charge in [0.25, 0.3) is 0 Å². The van der Waals surface area contributed by atoms with Gasteiger partial charge in [0.05, 0.1) is 5.69 Å². The minimum Gasteiger partial charge on any atom is -0.277 e. The van der Waals surface area contributed by atoms with Gasteiger partial charge < -0.3 is 0 Å². The van der Waals surface area contributed by atoms with E-state index in [1.807, 2.05) is 22.8 Å². The molecular formula is C15H10Cl2FN3S. The second kappa shape index (κ2) is 6.69. The molecule has 0 N–H and O–H groups in total. The highest BCUT2D eigenvalue weighted by Gasteiger charge is 2.09. The summed E-state index contributed by atoms with van der Waals surface area (Å²) >= 11 is 13.5. The van der Waals surface area contributed by atoms with Gasteiger partial charge in [-0.1, -0.05) is 47.1 Å². The molecule has 1 heterocycles. The maximum atomic E-state index is 13.1. The van der Waals surface area contributed by atoms with E-state index in [0.29, 0.717) is 21.0 Å². The molecule has 0 fully saturated rings. The highest BCUT2D eigenvalue weighted by atomic mass is 35.5. The second-order valence-corrected chi connectivity index (χ2v) is 6.27. The normalized spacial score (nSPS) is 10.9. The summed E-state index contributed by atoms with van der Waals surface area (Å²) in [4.78, 5) is 0. The predicted molar refractivity (Wildman–Crippen MR) is 87.3 cm³/mol. The molecule has 0 aliphatic carbocycles. The zero-order valence-electron chi connectivity index (χ0n) is 11.2. The Hall–Kier alpha value is -1.56. The molecule has 112 valence electrons. The van der Waals surface area contributed by atoms with Crippen LogP contribution in [0.25, 0.3) is 5.69 Å². The number of rotatable bonds is 4. The van der Waals surface area contributed by atoms with Gasteiger partial charge in [-0.15, -0.1) is 10.2 Å². The largest absolute Gasteiger partial charge is 0.277 e. The van der Waals surface area contributed by atoms with Gasteiger partial charge in [0, 0.05) is 15.8 Å². The van der Waals surface area contributed by atoms with Crippen molar-refractivity contribution in [2.24, 2.45) is 0 Å². The first-order chi connectivity index (χ1) is 10.6. The average Bonchev–Trinajstić information content (AvgIpc) is 2.95. The van der Waals surface area contributed by atoms with Crippen molar-refractivity contribution in [2.45, 2.75) is 10.9 Å². The minimum atomic E-state index is -0.346. The van der Waals surface area contributed by atoms with Gasteiger partial charge >= 0.3 is 0 Å². The third-order valence-electron chi connectivity index (χ3n) is 2.97. The number of hydrogen-bond donors (Lipinski definition) is 0. The van der Waals surface area contributed by atoms with Gasteiger partial charge in [-0.05, 0) is 35.9 Å². The van der Waals surface area contributed by atoms with Crippen LogP contribution in [0.3, 0.4) is 0 Å². The molecule has 2 aromatic carbocycles. The summed E-state index contributed by atoms with van der Waals surface area (Å²) in [6, 6.07) is 11.8. The molecule has 3 nitrogen and oxygen atoms in total. The molecule has 0 amide bonds. The Bertz CT molecular complexity index is 807. The highest BCUT2D eigenvalue weighted by Crippen LogP contribution is 2.27. The van der Waals surface area contributed by atoms with Crippen LogP contribution in [0.15, 0.2) is 53.9 Å². The zero-order chi connectivity index (χ0) is 15.5. The van der Waals surface area contributed by atoms with Gasteiger partial charge in [0.15, 0.2) is 5.16 Å². The smallest absolute Gasteiger partial charge is 0.195 e. The maximum absolute atomic E-state index is 13.1. The van der Waals surface area contributed by atoms with E-state index in [4.69, 9.17) is 23.2 Å². The lowest BCUT2D eigenvalue weighted by Crippen LogP contribution is -1.95. The molecule has 0 aliphatic heterocycles. The first-order valence-electron chi connectivity index (χ1n) is 6.36. The molecule has 0 saturated heterocycles. The molecule has 0 atom stereocenters. The molecule has 0 bridgehead atoms. The Morgan fingerprint density at radius 1 is 1.14 bits per heavy atom. The van der Waals surface area contributed by atoms with Gasteiger partial charge in [-0.3, -0.25) is 4.57 Å². The number of nitrogens with zero attached hydrogens (tertiary/aromatic N) is 3. The van der Waals surface area contributed by atoms with Crippen LogP contribution in [0.2, 0.25) is 10.0 Å². The molecule has 22 heavy (non-hydrogen) atoms. The van der Waals surface area contributed by atoms with Crippen molar-refractivity contribution in [3.8, 4) is 5.69 Å². The molecule has 7 heteroatoms. The molecule has 0 unspecified atom stereocenters. The van der Waals surface area contributed by atoms with E-state index >= 15 is 0 Å². The maximum Gasteiger partial charge on any atom is 0.195 e. The number of halogens is 3. The summed E-state index contributed by atoms with van der Waals surface area (Å²) in [6.45, 7) is 0. The third-order valence-corrected chi connectivity index (χ3v) is 4.55. The molecule has 3 rings (SSSR count). The van der Waals surface area contributed by atoms with Crippen LogP contribution >= 0.6 is 35.0 Å². The predicted octanol–water partition coefficient (Wildman–Crippen LogP) is 5.01. The molecule has 0 spiro atoms. The first kappa shape index (κ1) is 15.3. The van der Waals surface area contributed by atoms with Crippen molar-refractivity contribution in [3.63, 3.8) is 0 Å². The summed E-state index contributed by atoms with van der Waals surface area (Å²) in [5.74, 6) is 0.221. The van der Waals surface area contributed by atoms with Crippen LogP contribution < -0.4 is 0 Å². The van der Waals surface area contributed by atoms with Crippen LogP contribution in [0.1, 0.15) is 5.56 Å². The number of hydrogen-bond acceptors (Lipinski definition) is 3. The third kappa shape index (κ3) is 3.43. The van der Waals surface area contributed by atoms with E-state index in [9.17, 15) is 4.39 Å². The summed E-state index contributed by atoms with van der Waals surface area (Å²) in [7, 11) is 0. The van der Waals surface area contributed by atoms with Gasteiger partial charge in [0.2, 0.25) is 0 Å². The van der Waals surface area contributed by atoms with Crippen molar-refractivity contribution < 1.29 is 4.39 Å². The minimum absolute atomic E-state index is 0.346. The summed E-state index contributed by atoms with van der Waals surface area (Å²) in [5.41, 5.74) is 1.72. The quantitative estimate of drug-likeness (QED) is 0.618. The second-order valence-electron chi connectivity index (χ2n) is 4.49. The van der Waals surface area contributed by atoms with Gasteiger partial charge in [-0.25, -0.2) is 4.39 Å². The molecular weight excluding hydrogens is 344 g/mol. The fraction of sp³-hybridized carbons (Fsp3) is 0.0667. The number of benzene rings is 2. The Morgan fingerprint density at radius 2 is 2.00 bits per heavy atom. The van der Waals surface area contributed by atoms with E-state index < -0.39 is 0 Å². The Balaban J connectivity index is 1.81. The van der Waals surface area contributed by atoms with Crippen LogP contribution in [-0.2, 0) is 5.75 Å². The lowest BCUT2D eigenvalue weighted by atomic mass is 10.2. The van der Waals surface area contributed by atoms with E-state index in [-0.39, 0.29) is 5.82 Å². The molecule has 0 aliphatic rings. The Morgan fingerprint density at radius 3 is 2.77 bits per heavy atom. The Labute approximate surface area is 141 Å². The molecule has 1 aromatic heterocycles. The number of thioether (sulfide) groups is 1. The van der Waals surface area contributed by atoms with Crippen molar-refractivity contribution in [2.75, 3.05) is 0 Å². The van der Waals surface area contributed by atoms with E-state index in [2.05, 4.69) is 10.2 Å². The van der Waals surface area contributed by atoms with Crippen LogP contribution in [0.5, 0.6) is 0 Å². The highest BCUT2D eigenvalue weighted by molar-refractivity contribution is 7.98. The van der Waals surface area contributed by atoms with E-state index in [1.54, 1.807) is 18.5 Å². The van der Waals surface area contributed by atoms with Crippen molar-refractivity contribution in [1.29, 1.82) is 0 Å². The summed E-state index contributed by atoms with van der Waals surface area (Å²) in [5, 5.41) is 9.79. The van der Waals surface area contributed by atoms with Crippen LogP contribution in [-0.4, -0.2) is 14.8 Å². The first-order valence-corrected chi connectivity index (χ1v) is 8.10. The molecule has 3 aromatic rings. The average molecular weight is 354 g/mol. The van der Waals surface area contributed by atoms with Crippen LogP contribution in [0, 0.1) is 5.82 Å². The van der Waals surface area contributed by atoms with Gasteiger partial charge in [0.1, 0.15) is 12.1 Å². The monoisotopic (exact) mass is 353 g/mol. The topological polar surface area (TPSA) is 30.7 Å². The summed E-state index contributed by atoms with van der Waals surface area (Å²) < 4.78 is 14.9. The van der Waals surface area contributed by atoms with Crippen molar-refractivity contribution in [1.82, 2.24) is 14.8 Å². The van der Waals surface area contributed by atoms with Crippen molar-refractivity contribution in [3.05, 3.63) is 70.2 Å². The van der Waals surface area contributed by atoms with Crippen LogP contribution in [0.4, 0.5) is 4.39 Å². The van der Waals surface area contributed by atoms with Gasteiger partial charge in [-0.2, -0.15) is 0 Å². The SMILES string of the molecule is Fc1ccc(CSc2nncn2-c2cccc(Cl)c2)c(Cl)c1. The van der Waals surface area contributed by atoms with E-state index in [1.165, 1.54) is 23.9 Å². The Kier molecular flexibility index (Phi) is 4.66.